The Morgan fingerprint density at radius 1 is 1.37 bits per heavy atom. The van der Waals surface area contributed by atoms with E-state index in [4.69, 9.17) is 5.73 Å². The predicted molar refractivity (Wildman–Crippen MR) is 83.4 cm³/mol. The van der Waals surface area contributed by atoms with Gasteiger partial charge in [-0.15, -0.1) is 12.4 Å². The van der Waals surface area contributed by atoms with Gasteiger partial charge in [-0.05, 0) is 30.7 Å². The Balaban J connectivity index is 0.00000324. The third kappa shape index (κ3) is 5.67. The van der Waals surface area contributed by atoms with Crippen LogP contribution in [0, 0.1) is 6.92 Å². The summed E-state index contributed by atoms with van der Waals surface area (Å²) in [6, 6.07) is 5.68. The van der Waals surface area contributed by atoms with E-state index in [-0.39, 0.29) is 12.4 Å². The molecule has 0 aliphatic carbocycles. The zero-order valence-corrected chi connectivity index (χ0v) is 13.1. The van der Waals surface area contributed by atoms with Crippen LogP contribution in [0.5, 0.6) is 0 Å². The normalized spacial score (nSPS) is 11.2. The standard InChI is InChI=1S/C12H21N3O2S.ClH/c1-4-15(18(3,16)17)8-7-14-11-5-6-12(13)10(2)9-11;/h5-6,9,14H,4,7-8,13H2,1-3H3;1H. The number of likely N-dealkylation sites (N-methyl/N-ethyl adjacent to an activating group) is 1. The quantitative estimate of drug-likeness (QED) is 0.784. The predicted octanol–water partition coefficient (Wildman–Crippen LogP) is 1.69. The summed E-state index contributed by atoms with van der Waals surface area (Å²) < 4.78 is 24.2. The van der Waals surface area contributed by atoms with Crippen molar-refractivity contribution in [2.75, 3.05) is 36.9 Å². The first kappa shape index (κ1) is 18.0. The van der Waals surface area contributed by atoms with E-state index >= 15 is 0 Å². The number of nitrogens with one attached hydrogen (secondary N) is 1. The lowest BCUT2D eigenvalue weighted by Gasteiger charge is -2.18. The minimum absolute atomic E-state index is 0. The van der Waals surface area contributed by atoms with Crippen LogP contribution in [-0.4, -0.2) is 38.6 Å². The van der Waals surface area contributed by atoms with Gasteiger partial charge in [0.1, 0.15) is 0 Å². The lowest BCUT2D eigenvalue weighted by molar-refractivity contribution is 0.444. The highest BCUT2D eigenvalue weighted by Crippen LogP contribution is 2.16. The van der Waals surface area contributed by atoms with Crippen molar-refractivity contribution in [2.45, 2.75) is 13.8 Å². The number of sulfonamides is 1. The second-order valence-corrected chi connectivity index (χ2v) is 6.24. The molecule has 0 saturated heterocycles. The van der Waals surface area contributed by atoms with Crippen molar-refractivity contribution in [3.63, 3.8) is 0 Å². The highest BCUT2D eigenvalue weighted by Gasteiger charge is 2.13. The van der Waals surface area contributed by atoms with E-state index in [2.05, 4.69) is 5.32 Å². The first-order valence-electron chi connectivity index (χ1n) is 5.89. The van der Waals surface area contributed by atoms with Gasteiger partial charge < -0.3 is 11.1 Å². The lowest BCUT2D eigenvalue weighted by Crippen LogP contribution is -2.33. The summed E-state index contributed by atoms with van der Waals surface area (Å²) >= 11 is 0. The van der Waals surface area contributed by atoms with E-state index in [0.717, 1.165) is 16.9 Å². The largest absolute Gasteiger partial charge is 0.399 e. The first-order valence-corrected chi connectivity index (χ1v) is 7.74. The van der Waals surface area contributed by atoms with Crippen LogP contribution in [0.3, 0.4) is 0 Å². The molecule has 3 N–H and O–H groups in total. The third-order valence-electron chi connectivity index (χ3n) is 2.78. The van der Waals surface area contributed by atoms with Gasteiger partial charge in [0.15, 0.2) is 0 Å². The number of nitrogen functional groups attached to an aromatic ring is 1. The molecule has 0 radical (unpaired) electrons. The summed E-state index contributed by atoms with van der Waals surface area (Å²) in [5.41, 5.74) is 8.45. The van der Waals surface area contributed by atoms with Crippen LogP contribution >= 0.6 is 12.4 Å². The monoisotopic (exact) mass is 307 g/mol. The Morgan fingerprint density at radius 3 is 2.47 bits per heavy atom. The summed E-state index contributed by atoms with van der Waals surface area (Å²) in [7, 11) is -3.11. The molecule has 0 amide bonds. The fourth-order valence-electron chi connectivity index (χ4n) is 1.67. The average Bonchev–Trinajstić information content (AvgIpc) is 2.27. The molecule has 0 saturated carbocycles. The summed E-state index contributed by atoms with van der Waals surface area (Å²) in [6.07, 6.45) is 1.23. The third-order valence-corrected chi connectivity index (χ3v) is 4.16. The number of halogens is 1. The molecule has 7 heteroatoms. The topological polar surface area (TPSA) is 75.4 Å². The van der Waals surface area contributed by atoms with Crippen LogP contribution in [0.2, 0.25) is 0 Å². The van der Waals surface area contributed by atoms with Crippen LogP contribution in [0.25, 0.3) is 0 Å². The fraction of sp³-hybridized carbons (Fsp3) is 0.500. The number of benzene rings is 1. The molecule has 19 heavy (non-hydrogen) atoms. The second kappa shape index (κ2) is 7.57. The molecule has 1 aromatic carbocycles. The highest BCUT2D eigenvalue weighted by molar-refractivity contribution is 7.88. The SMILES string of the molecule is CCN(CCNc1ccc(N)c(C)c1)S(C)(=O)=O.Cl. The molecule has 0 spiro atoms. The zero-order valence-electron chi connectivity index (χ0n) is 11.5. The zero-order chi connectivity index (χ0) is 13.8. The van der Waals surface area contributed by atoms with Crippen LogP contribution < -0.4 is 11.1 Å². The summed E-state index contributed by atoms with van der Waals surface area (Å²) in [5, 5.41) is 3.19. The van der Waals surface area contributed by atoms with Crippen molar-refractivity contribution < 1.29 is 8.42 Å². The molecule has 0 bridgehead atoms. The Kier molecular flexibility index (Phi) is 7.18. The maximum absolute atomic E-state index is 11.4. The number of rotatable bonds is 6. The summed E-state index contributed by atoms with van der Waals surface area (Å²) in [6.45, 7) is 5.29. The highest BCUT2D eigenvalue weighted by atomic mass is 35.5. The molecule has 110 valence electrons. The van der Waals surface area contributed by atoms with Gasteiger partial charge in [0.2, 0.25) is 10.0 Å². The molecular formula is C12H22ClN3O2S. The van der Waals surface area contributed by atoms with E-state index in [1.165, 1.54) is 10.6 Å². The Morgan fingerprint density at radius 2 is 2.00 bits per heavy atom. The van der Waals surface area contributed by atoms with E-state index in [0.29, 0.717) is 19.6 Å². The van der Waals surface area contributed by atoms with E-state index in [1.54, 1.807) is 0 Å². The lowest BCUT2D eigenvalue weighted by atomic mass is 10.2. The van der Waals surface area contributed by atoms with Gasteiger partial charge in [-0.2, -0.15) is 0 Å². The molecule has 1 aromatic rings. The molecule has 0 aliphatic rings. The summed E-state index contributed by atoms with van der Waals surface area (Å²) in [4.78, 5) is 0. The van der Waals surface area contributed by atoms with Crippen molar-refractivity contribution >= 4 is 33.8 Å². The number of aryl methyl sites for hydroxylation is 1. The Hall–Kier alpha value is -0.980. The maximum atomic E-state index is 11.4. The minimum atomic E-state index is -3.11. The van der Waals surface area contributed by atoms with Gasteiger partial charge in [-0.25, -0.2) is 12.7 Å². The number of nitrogens with zero attached hydrogens (tertiary/aromatic N) is 1. The van der Waals surface area contributed by atoms with Gasteiger partial charge >= 0.3 is 0 Å². The number of anilines is 2. The molecule has 1 rings (SSSR count). The van der Waals surface area contributed by atoms with Crippen molar-refractivity contribution in [1.29, 1.82) is 0 Å². The first-order chi connectivity index (χ1) is 8.34. The number of hydrogen-bond donors (Lipinski definition) is 2. The molecule has 5 nitrogen and oxygen atoms in total. The Labute approximate surface area is 121 Å². The molecule has 0 atom stereocenters. The average molecular weight is 308 g/mol. The Bertz CT molecular complexity index is 506. The molecular weight excluding hydrogens is 286 g/mol. The maximum Gasteiger partial charge on any atom is 0.211 e. The molecule has 0 fully saturated rings. The van der Waals surface area contributed by atoms with Crippen molar-refractivity contribution in [3.8, 4) is 0 Å². The van der Waals surface area contributed by atoms with Gasteiger partial charge in [0.05, 0.1) is 6.26 Å². The fourth-order valence-corrected chi connectivity index (χ4v) is 2.56. The van der Waals surface area contributed by atoms with Crippen LogP contribution in [0.15, 0.2) is 18.2 Å². The van der Waals surface area contributed by atoms with E-state index in [1.807, 2.05) is 32.0 Å². The van der Waals surface area contributed by atoms with Crippen LogP contribution in [0.4, 0.5) is 11.4 Å². The van der Waals surface area contributed by atoms with E-state index in [9.17, 15) is 8.42 Å². The van der Waals surface area contributed by atoms with Gasteiger partial charge in [0, 0.05) is 31.0 Å². The number of nitrogens with two attached hydrogens (primary N) is 1. The van der Waals surface area contributed by atoms with Crippen LogP contribution in [0.1, 0.15) is 12.5 Å². The van der Waals surface area contributed by atoms with Crippen molar-refractivity contribution in [2.24, 2.45) is 0 Å². The van der Waals surface area contributed by atoms with Gasteiger partial charge in [-0.1, -0.05) is 6.92 Å². The second-order valence-electron chi connectivity index (χ2n) is 4.25. The molecule has 0 heterocycles. The minimum Gasteiger partial charge on any atom is -0.399 e. The smallest absolute Gasteiger partial charge is 0.211 e. The van der Waals surface area contributed by atoms with E-state index < -0.39 is 10.0 Å². The van der Waals surface area contributed by atoms with Gasteiger partial charge in [0.25, 0.3) is 0 Å². The van der Waals surface area contributed by atoms with Crippen molar-refractivity contribution in [1.82, 2.24) is 4.31 Å². The van der Waals surface area contributed by atoms with Crippen molar-refractivity contribution in [3.05, 3.63) is 23.8 Å². The van der Waals surface area contributed by atoms with Crippen LogP contribution in [-0.2, 0) is 10.0 Å². The number of hydrogen-bond acceptors (Lipinski definition) is 4. The molecule has 0 unspecified atom stereocenters. The molecule has 0 aliphatic heterocycles. The van der Waals surface area contributed by atoms with Gasteiger partial charge in [-0.3, -0.25) is 0 Å². The molecule has 0 aromatic heterocycles. The summed E-state index contributed by atoms with van der Waals surface area (Å²) in [5.74, 6) is 0.